The number of fused-ring (bicyclic) bond motifs is 1. The lowest BCUT2D eigenvalue weighted by Crippen LogP contribution is -2.35. The van der Waals surface area contributed by atoms with Crippen molar-refractivity contribution in [1.82, 2.24) is 10.2 Å². The van der Waals surface area contributed by atoms with Gasteiger partial charge in [0.25, 0.3) is 0 Å². The van der Waals surface area contributed by atoms with Crippen molar-refractivity contribution in [3.8, 4) is 0 Å². The van der Waals surface area contributed by atoms with Gasteiger partial charge >= 0.3 is 0 Å². The number of hydrogen-bond acceptors (Lipinski definition) is 3. The van der Waals surface area contributed by atoms with Gasteiger partial charge in [0.05, 0.1) is 12.5 Å². The molecule has 0 spiro atoms. The third-order valence-corrected chi connectivity index (χ3v) is 3.50. The third kappa shape index (κ3) is 3.70. The lowest BCUT2D eigenvalue weighted by Gasteiger charge is -2.32. The van der Waals surface area contributed by atoms with Gasteiger partial charge in [-0.2, -0.15) is 0 Å². The zero-order valence-corrected chi connectivity index (χ0v) is 12.1. The first-order valence-corrected chi connectivity index (χ1v) is 7.07. The zero-order valence-electron chi connectivity index (χ0n) is 12.1. The van der Waals surface area contributed by atoms with Crippen LogP contribution in [-0.4, -0.2) is 35.0 Å². The van der Waals surface area contributed by atoms with E-state index >= 15 is 0 Å². The Morgan fingerprint density at radius 2 is 2.10 bits per heavy atom. The largest absolute Gasteiger partial charge is 0.396 e. The minimum atomic E-state index is -0.280. The summed E-state index contributed by atoms with van der Waals surface area (Å²) in [5, 5.41) is 11.5. The summed E-state index contributed by atoms with van der Waals surface area (Å²) >= 11 is 0. The maximum absolute atomic E-state index is 12.0. The van der Waals surface area contributed by atoms with Crippen LogP contribution in [0.1, 0.15) is 36.9 Å². The van der Waals surface area contributed by atoms with Crippen molar-refractivity contribution in [2.45, 2.75) is 25.8 Å². The molecule has 0 aliphatic carbocycles. The van der Waals surface area contributed by atoms with E-state index in [0.717, 1.165) is 11.1 Å². The van der Waals surface area contributed by atoms with Crippen LogP contribution in [-0.2, 0) is 9.59 Å². The molecule has 0 aromatic heterocycles. The fourth-order valence-electron chi connectivity index (χ4n) is 2.47. The van der Waals surface area contributed by atoms with Crippen LogP contribution in [0.15, 0.2) is 30.5 Å². The average molecular weight is 288 g/mol. The number of nitrogens with zero attached hydrogens (tertiary/aromatic N) is 1. The number of nitrogens with one attached hydrogen (secondary N) is 1. The van der Waals surface area contributed by atoms with Crippen LogP contribution in [0.3, 0.4) is 0 Å². The van der Waals surface area contributed by atoms with Crippen molar-refractivity contribution in [3.05, 3.63) is 41.6 Å². The quantitative estimate of drug-likeness (QED) is 0.806. The van der Waals surface area contributed by atoms with E-state index in [0.29, 0.717) is 13.0 Å². The van der Waals surface area contributed by atoms with Crippen molar-refractivity contribution >= 4 is 17.9 Å². The second-order valence-corrected chi connectivity index (χ2v) is 5.02. The van der Waals surface area contributed by atoms with Crippen molar-refractivity contribution < 1.29 is 14.7 Å². The number of hydrogen-bond donors (Lipinski definition) is 2. The molecule has 0 radical (unpaired) electrons. The summed E-state index contributed by atoms with van der Waals surface area (Å²) in [7, 11) is 0. The van der Waals surface area contributed by atoms with Crippen LogP contribution in [0, 0.1) is 0 Å². The minimum absolute atomic E-state index is 0.0504. The standard InChI is InChI=1S/C16H20N2O3/c1-12(20)18-9-7-13-5-2-3-6-14(13)15(18)11-16(21)17-8-4-10-19/h2-3,5-7,9,15,19H,4,8,10-11H2,1H3,(H,17,21). The maximum atomic E-state index is 12.0. The molecule has 5 heteroatoms. The number of aliphatic hydroxyl groups excluding tert-OH is 1. The van der Waals surface area contributed by atoms with Crippen LogP contribution in [0.5, 0.6) is 0 Å². The lowest BCUT2D eigenvalue weighted by atomic mass is 9.93. The van der Waals surface area contributed by atoms with Gasteiger partial charge in [-0.15, -0.1) is 0 Å². The first-order chi connectivity index (χ1) is 10.1. The molecular formula is C16H20N2O3. The van der Waals surface area contributed by atoms with Gasteiger partial charge in [-0.3, -0.25) is 9.59 Å². The SMILES string of the molecule is CC(=O)N1C=Cc2ccccc2C1CC(=O)NCCCO. The van der Waals surface area contributed by atoms with E-state index in [9.17, 15) is 9.59 Å². The van der Waals surface area contributed by atoms with Gasteiger partial charge < -0.3 is 15.3 Å². The number of rotatable bonds is 5. The summed E-state index contributed by atoms with van der Waals surface area (Å²) in [5.41, 5.74) is 2.01. The minimum Gasteiger partial charge on any atom is -0.396 e. The molecule has 2 amide bonds. The Morgan fingerprint density at radius 1 is 1.33 bits per heavy atom. The predicted molar refractivity (Wildman–Crippen MR) is 80.1 cm³/mol. The van der Waals surface area contributed by atoms with E-state index in [1.54, 1.807) is 11.1 Å². The lowest BCUT2D eigenvalue weighted by molar-refractivity contribution is -0.129. The van der Waals surface area contributed by atoms with Crippen molar-refractivity contribution in [1.29, 1.82) is 0 Å². The Morgan fingerprint density at radius 3 is 2.81 bits per heavy atom. The monoisotopic (exact) mass is 288 g/mol. The van der Waals surface area contributed by atoms with E-state index in [2.05, 4.69) is 5.32 Å². The van der Waals surface area contributed by atoms with Crippen molar-refractivity contribution in [3.63, 3.8) is 0 Å². The van der Waals surface area contributed by atoms with Crippen LogP contribution in [0.25, 0.3) is 6.08 Å². The highest BCUT2D eigenvalue weighted by molar-refractivity contribution is 5.81. The van der Waals surface area contributed by atoms with Crippen molar-refractivity contribution in [2.24, 2.45) is 0 Å². The van der Waals surface area contributed by atoms with E-state index in [1.807, 2.05) is 30.3 Å². The van der Waals surface area contributed by atoms with Crippen LogP contribution in [0.4, 0.5) is 0 Å². The number of carbonyl (C=O) groups excluding carboxylic acids is 2. The molecule has 1 aliphatic heterocycles. The predicted octanol–water partition coefficient (Wildman–Crippen LogP) is 1.45. The number of benzene rings is 1. The van der Waals surface area contributed by atoms with Gasteiger partial charge in [-0.25, -0.2) is 0 Å². The van der Waals surface area contributed by atoms with E-state index in [1.165, 1.54) is 6.92 Å². The topological polar surface area (TPSA) is 69.6 Å². The molecule has 0 fully saturated rings. The molecule has 0 saturated heterocycles. The average Bonchev–Trinajstić information content (AvgIpc) is 2.47. The first kappa shape index (κ1) is 15.3. The van der Waals surface area contributed by atoms with Gasteiger partial charge in [0.15, 0.2) is 0 Å². The van der Waals surface area contributed by atoms with Gasteiger partial charge in [-0.05, 0) is 23.6 Å². The Hall–Kier alpha value is -2.14. The fourth-order valence-corrected chi connectivity index (χ4v) is 2.47. The number of amides is 2. The van der Waals surface area contributed by atoms with E-state index in [4.69, 9.17) is 5.11 Å². The van der Waals surface area contributed by atoms with Crippen molar-refractivity contribution in [2.75, 3.05) is 13.2 Å². The van der Waals surface area contributed by atoms with Gasteiger partial charge in [0.2, 0.25) is 11.8 Å². The normalized spacial score (nSPS) is 16.5. The molecule has 1 aromatic carbocycles. The number of carbonyl (C=O) groups is 2. The summed E-state index contributed by atoms with van der Waals surface area (Å²) in [6.45, 7) is 1.99. The molecule has 1 aliphatic rings. The molecule has 0 saturated carbocycles. The fraction of sp³-hybridized carbons (Fsp3) is 0.375. The Bertz CT molecular complexity index is 554. The van der Waals surface area contributed by atoms with E-state index < -0.39 is 0 Å². The maximum Gasteiger partial charge on any atom is 0.223 e. The summed E-state index contributed by atoms with van der Waals surface area (Å²) in [6, 6.07) is 7.48. The van der Waals surface area contributed by atoms with Gasteiger partial charge in [0, 0.05) is 26.3 Å². The molecule has 1 atom stereocenters. The van der Waals surface area contributed by atoms with E-state index in [-0.39, 0.29) is 30.9 Å². The molecule has 112 valence electrons. The highest BCUT2D eigenvalue weighted by Crippen LogP contribution is 2.32. The summed E-state index contributed by atoms with van der Waals surface area (Å²) in [6.07, 6.45) is 4.36. The molecule has 0 bridgehead atoms. The summed E-state index contributed by atoms with van der Waals surface area (Å²) < 4.78 is 0. The second-order valence-electron chi connectivity index (χ2n) is 5.02. The van der Waals surface area contributed by atoms with Gasteiger partial charge in [-0.1, -0.05) is 24.3 Å². The van der Waals surface area contributed by atoms with Crippen LogP contribution < -0.4 is 5.32 Å². The van der Waals surface area contributed by atoms with Crippen LogP contribution >= 0.6 is 0 Å². The molecule has 2 N–H and O–H groups in total. The smallest absolute Gasteiger partial charge is 0.223 e. The second kappa shape index (κ2) is 7.04. The molecule has 21 heavy (non-hydrogen) atoms. The first-order valence-electron chi connectivity index (χ1n) is 7.07. The number of aliphatic hydroxyl groups is 1. The van der Waals surface area contributed by atoms with Crippen LogP contribution in [0.2, 0.25) is 0 Å². The molecule has 2 rings (SSSR count). The molecule has 1 heterocycles. The Kier molecular flexibility index (Phi) is 5.11. The highest BCUT2D eigenvalue weighted by Gasteiger charge is 2.27. The molecule has 5 nitrogen and oxygen atoms in total. The highest BCUT2D eigenvalue weighted by atomic mass is 16.3. The Labute approximate surface area is 124 Å². The third-order valence-electron chi connectivity index (χ3n) is 3.50. The van der Waals surface area contributed by atoms with Gasteiger partial charge in [0.1, 0.15) is 0 Å². The summed E-state index contributed by atoms with van der Waals surface area (Å²) in [5.74, 6) is -0.210. The summed E-state index contributed by atoms with van der Waals surface area (Å²) in [4.78, 5) is 25.4. The Balaban J connectivity index is 2.15. The zero-order chi connectivity index (χ0) is 15.2. The molecular weight excluding hydrogens is 268 g/mol. The molecule has 1 unspecified atom stereocenters. The molecule has 1 aromatic rings.